The van der Waals surface area contributed by atoms with Gasteiger partial charge in [-0.3, -0.25) is 4.79 Å². The maximum absolute atomic E-state index is 12.9. The lowest BCUT2D eigenvalue weighted by Crippen LogP contribution is -2.17. The Bertz CT molecular complexity index is 478. The monoisotopic (exact) mass is 257 g/mol. The Morgan fingerprint density at radius 1 is 1.44 bits per heavy atom. The van der Waals surface area contributed by atoms with Gasteiger partial charge in [-0.2, -0.15) is 13.2 Å². The van der Waals surface area contributed by atoms with E-state index in [1.165, 1.54) is 6.07 Å². The summed E-state index contributed by atoms with van der Waals surface area (Å²) in [4.78, 5) is 11.1. The van der Waals surface area contributed by atoms with Gasteiger partial charge in [-0.05, 0) is 37.0 Å². The highest BCUT2D eigenvalue weighted by molar-refractivity contribution is 5.94. The summed E-state index contributed by atoms with van der Waals surface area (Å²) in [7, 11) is 0. The number of alkyl halides is 3. The lowest BCUT2D eigenvalue weighted by atomic mass is 9.95. The van der Waals surface area contributed by atoms with Gasteiger partial charge in [0.25, 0.3) is 0 Å². The number of aryl methyl sites for hydroxylation is 2. The van der Waals surface area contributed by atoms with Crippen molar-refractivity contribution in [1.82, 2.24) is 0 Å². The predicted molar refractivity (Wildman–Crippen MR) is 63.2 cm³/mol. The van der Waals surface area contributed by atoms with Gasteiger partial charge in [0.2, 0.25) is 5.91 Å². The van der Waals surface area contributed by atoms with Crippen LogP contribution in [-0.2, 0) is 12.6 Å². The van der Waals surface area contributed by atoms with Gasteiger partial charge in [0.05, 0.1) is 5.56 Å². The Labute approximate surface area is 103 Å². The van der Waals surface area contributed by atoms with Crippen molar-refractivity contribution in [3.63, 3.8) is 0 Å². The van der Waals surface area contributed by atoms with Gasteiger partial charge >= 0.3 is 6.18 Å². The van der Waals surface area contributed by atoms with Crippen LogP contribution in [0.4, 0.5) is 13.2 Å². The molecular formula is C13H14F3NO. The number of nitrogens with two attached hydrogens (primary N) is 1. The fraction of sp³-hybridized carbons (Fsp3) is 0.308. The minimum absolute atomic E-state index is 0.0929. The van der Waals surface area contributed by atoms with Gasteiger partial charge in [-0.15, -0.1) is 6.58 Å². The smallest absolute Gasteiger partial charge is 0.366 e. The number of amides is 1. The molecule has 0 heterocycles. The summed E-state index contributed by atoms with van der Waals surface area (Å²) >= 11 is 0. The highest BCUT2D eigenvalue weighted by Crippen LogP contribution is 2.34. The van der Waals surface area contributed by atoms with Crippen molar-refractivity contribution in [3.8, 4) is 0 Å². The van der Waals surface area contributed by atoms with E-state index < -0.39 is 17.6 Å². The third-order valence-corrected chi connectivity index (χ3v) is 2.64. The van der Waals surface area contributed by atoms with Crippen LogP contribution >= 0.6 is 0 Å². The van der Waals surface area contributed by atoms with Gasteiger partial charge in [0, 0.05) is 5.56 Å². The fourth-order valence-electron chi connectivity index (χ4n) is 1.76. The fourth-order valence-corrected chi connectivity index (χ4v) is 1.76. The lowest BCUT2D eigenvalue weighted by Gasteiger charge is -2.15. The van der Waals surface area contributed by atoms with Gasteiger partial charge in [-0.1, -0.05) is 12.1 Å². The number of primary amides is 1. The van der Waals surface area contributed by atoms with Crippen LogP contribution in [0.2, 0.25) is 0 Å². The Morgan fingerprint density at radius 3 is 2.50 bits per heavy atom. The number of rotatable bonds is 4. The third kappa shape index (κ3) is 3.12. The maximum atomic E-state index is 12.9. The topological polar surface area (TPSA) is 43.1 Å². The van der Waals surface area contributed by atoms with E-state index in [1.54, 1.807) is 13.0 Å². The highest BCUT2D eigenvalue weighted by atomic mass is 19.4. The number of halogens is 3. The van der Waals surface area contributed by atoms with Crippen molar-refractivity contribution in [2.24, 2.45) is 5.73 Å². The first-order valence-electron chi connectivity index (χ1n) is 5.38. The zero-order valence-electron chi connectivity index (χ0n) is 9.97. The molecule has 1 aromatic rings. The number of carbonyl (C=O) groups is 1. The van der Waals surface area contributed by atoms with E-state index in [-0.39, 0.29) is 17.5 Å². The summed E-state index contributed by atoms with van der Waals surface area (Å²) in [6.07, 6.45) is -2.26. The molecule has 0 fully saturated rings. The van der Waals surface area contributed by atoms with E-state index in [0.29, 0.717) is 12.0 Å². The number of allylic oxidation sites excluding steroid dienone is 1. The van der Waals surface area contributed by atoms with Crippen LogP contribution in [0.25, 0.3) is 0 Å². The summed E-state index contributed by atoms with van der Waals surface area (Å²) in [6, 6.07) is 2.20. The lowest BCUT2D eigenvalue weighted by molar-refractivity contribution is -0.138. The molecule has 0 saturated carbocycles. The first kappa shape index (κ1) is 14.3. The summed E-state index contributed by atoms with van der Waals surface area (Å²) in [5.74, 6) is -0.853. The SMILES string of the molecule is C=CCCc1cc(C)c(C(N)=O)cc1C(F)(F)F. The molecule has 0 aliphatic carbocycles. The molecule has 0 radical (unpaired) electrons. The van der Waals surface area contributed by atoms with Crippen LogP contribution in [0.5, 0.6) is 0 Å². The molecule has 0 aliphatic rings. The minimum Gasteiger partial charge on any atom is -0.366 e. The molecule has 2 nitrogen and oxygen atoms in total. The number of benzene rings is 1. The molecule has 0 bridgehead atoms. The summed E-state index contributed by atoms with van der Waals surface area (Å²) < 4.78 is 38.6. The normalized spacial score (nSPS) is 11.3. The second kappa shape index (κ2) is 5.25. The van der Waals surface area contributed by atoms with E-state index in [2.05, 4.69) is 6.58 Å². The average Bonchev–Trinajstić information content (AvgIpc) is 2.23. The van der Waals surface area contributed by atoms with E-state index in [9.17, 15) is 18.0 Å². The molecule has 1 amide bonds. The molecule has 5 heteroatoms. The first-order chi connectivity index (χ1) is 8.27. The highest BCUT2D eigenvalue weighted by Gasteiger charge is 2.34. The van der Waals surface area contributed by atoms with E-state index in [1.807, 2.05) is 0 Å². The van der Waals surface area contributed by atoms with Gasteiger partial charge in [0.1, 0.15) is 0 Å². The quantitative estimate of drug-likeness (QED) is 0.827. The largest absolute Gasteiger partial charge is 0.416 e. The van der Waals surface area contributed by atoms with Crippen LogP contribution in [0, 0.1) is 6.92 Å². The van der Waals surface area contributed by atoms with Crippen molar-refractivity contribution >= 4 is 5.91 Å². The third-order valence-electron chi connectivity index (χ3n) is 2.64. The molecular weight excluding hydrogens is 243 g/mol. The van der Waals surface area contributed by atoms with Crippen LogP contribution in [0.1, 0.15) is 33.5 Å². The van der Waals surface area contributed by atoms with Crippen LogP contribution in [-0.4, -0.2) is 5.91 Å². The predicted octanol–water partition coefficient (Wildman–Crippen LogP) is 3.23. The van der Waals surface area contributed by atoms with Crippen molar-refractivity contribution in [2.45, 2.75) is 25.9 Å². The van der Waals surface area contributed by atoms with Crippen molar-refractivity contribution in [2.75, 3.05) is 0 Å². The van der Waals surface area contributed by atoms with E-state index in [0.717, 1.165) is 6.07 Å². The molecule has 0 unspecified atom stereocenters. The number of hydrogen-bond acceptors (Lipinski definition) is 1. The first-order valence-corrected chi connectivity index (χ1v) is 5.38. The molecule has 18 heavy (non-hydrogen) atoms. The molecule has 0 spiro atoms. The van der Waals surface area contributed by atoms with Gasteiger partial charge in [0.15, 0.2) is 0 Å². The molecule has 98 valence electrons. The number of carbonyl (C=O) groups excluding carboxylic acids is 1. The van der Waals surface area contributed by atoms with Crippen LogP contribution < -0.4 is 5.73 Å². The second-order valence-corrected chi connectivity index (χ2v) is 4.01. The van der Waals surface area contributed by atoms with Crippen LogP contribution in [0.15, 0.2) is 24.8 Å². The molecule has 0 saturated heterocycles. The Hall–Kier alpha value is -1.78. The Morgan fingerprint density at radius 2 is 2.06 bits per heavy atom. The zero-order chi connectivity index (χ0) is 13.9. The Balaban J connectivity index is 3.37. The standard InChI is InChI=1S/C13H14F3NO/c1-3-4-5-9-6-8(2)10(12(17)18)7-11(9)13(14,15)16/h3,6-7H,1,4-5H2,2H3,(H2,17,18). The van der Waals surface area contributed by atoms with Crippen LogP contribution in [0.3, 0.4) is 0 Å². The summed E-state index contributed by atoms with van der Waals surface area (Å²) in [6.45, 7) is 5.05. The molecule has 0 aromatic heterocycles. The maximum Gasteiger partial charge on any atom is 0.416 e. The van der Waals surface area contributed by atoms with Crippen molar-refractivity contribution in [1.29, 1.82) is 0 Å². The summed E-state index contributed by atoms with van der Waals surface area (Å²) in [5.41, 5.74) is 4.77. The molecule has 1 aromatic carbocycles. The number of hydrogen-bond donors (Lipinski definition) is 1. The second-order valence-electron chi connectivity index (χ2n) is 4.01. The van der Waals surface area contributed by atoms with Crippen molar-refractivity contribution in [3.05, 3.63) is 47.0 Å². The van der Waals surface area contributed by atoms with E-state index in [4.69, 9.17) is 5.73 Å². The average molecular weight is 257 g/mol. The van der Waals surface area contributed by atoms with Crippen molar-refractivity contribution < 1.29 is 18.0 Å². The Kier molecular flexibility index (Phi) is 4.16. The van der Waals surface area contributed by atoms with Gasteiger partial charge in [-0.25, -0.2) is 0 Å². The molecule has 0 atom stereocenters. The summed E-state index contributed by atoms with van der Waals surface area (Å²) in [5, 5.41) is 0. The van der Waals surface area contributed by atoms with Gasteiger partial charge < -0.3 is 5.73 Å². The zero-order valence-corrected chi connectivity index (χ0v) is 9.97. The molecule has 0 aliphatic heterocycles. The van der Waals surface area contributed by atoms with E-state index >= 15 is 0 Å². The molecule has 1 rings (SSSR count). The molecule has 2 N–H and O–H groups in total. The minimum atomic E-state index is -4.49.